The molecule has 1 saturated carbocycles. The number of amides is 2. The normalized spacial score (nSPS) is 30.7. The number of carboxylic acid groups (broad SMARTS) is 1. The third-order valence-electron chi connectivity index (χ3n) is 3.78. The minimum absolute atomic E-state index is 0.0434. The third kappa shape index (κ3) is 2.47. The molecule has 100 valence electrons. The molecule has 6 nitrogen and oxygen atoms in total. The van der Waals surface area contributed by atoms with Crippen LogP contribution in [0.5, 0.6) is 0 Å². The lowest BCUT2D eigenvalue weighted by Crippen LogP contribution is -2.45. The van der Waals surface area contributed by atoms with Gasteiger partial charge in [0.25, 0.3) is 0 Å². The highest BCUT2D eigenvalue weighted by Gasteiger charge is 2.50. The van der Waals surface area contributed by atoms with Crippen molar-refractivity contribution in [2.24, 2.45) is 17.8 Å². The van der Waals surface area contributed by atoms with E-state index in [1.807, 2.05) is 0 Å². The minimum Gasteiger partial charge on any atom is -0.481 e. The number of hydrogen-bond acceptors (Lipinski definition) is 3. The number of likely N-dealkylation sites (tertiary alicyclic amines) is 1. The Morgan fingerprint density at radius 3 is 2.56 bits per heavy atom. The van der Waals surface area contributed by atoms with Gasteiger partial charge in [-0.2, -0.15) is 0 Å². The highest BCUT2D eigenvalue weighted by Crippen LogP contribution is 2.40. The van der Waals surface area contributed by atoms with Crippen LogP contribution in [-0.4, -0.2) is 47.9 Å². The number of rotatable bonds is 3. The molecule has 0 aromatic heterocycles. The molecule has 0 radical (unpaired) electrons. The minimum atomic E-state index is -0.895. The van der Waals surface area contributed by atoms with Gasteiger partial charge < -0.3 is 15.3 Å². The molecule has 1 saturated heterocycles. The summed E-state index contributed by atoms with van der Waals surface area (Å²) in [7, 11) is 1.59. The molecule has 3 atom stereocenters. The topological polar surface area (TPSA) is 86.7 Å². The van der Waals surface area contributed by atoms with E-state index in [2.05, 4.69) is 5.32 Å². The number of aliphatic carboxylic acids is 1. The Morgan fingerprint density at radius 1 is 1.28 bits per heavy atom. The highest BCUT2D eigenvalue weighted by molar-refractivity contribution is 5.90. The molecule has 0 aromatic carbocycles. The van der Waals surface area contributed by atoms with Crippen molar-refractivity contribution in [3.8, 4) is 0 Å². The molecule has 0 spiro atoms. The molecule has 1 aliphatic heterocycles. The second-order valence-corrected chi connectivity index (χ2v) is 5.02. The first-order valence-corrected chi connectivity index (χ1v) is 6.27. The van der Waals surface area contributed by atoms with Crippen LogP contribution < -0.4 is 5.32 Å². The molecule has 0 aromatic rings. The molecule has 2 amide bonds. The van der Waals surface area contributed by atoms with E-state index in [4.69, 9.17) is 5.11 Å². The van der Waals surface area contributed by atoms with E-state index < -0.39 is 11.9 Å². The van der Waals surface area contributed by atoms with Crippen molar-refractivity contribution in [3.05, 3.63) is 0 Å². The standard InChI is InChI=1S/C12H18N2O4/c1-13-10(15)7-3-2-4-14(6-7)11(16)8-5-9(8)12(17)18/h7-9H,2-6H2,1H3,(H,13,15)(H,17,18)/t7?,8-,9+/m1/s1. The summed E-state index contributed by atoms with van der Waals surface area (Å²) < 4.78 is 0. The van der Waals surface area contributed by atoms with E-state index >= 15 is 0 Å². The second kappa shape index (κ2) is 4.96. The van der Waals surface area contributed by atoms with E-state index in [0.29, 0.717) is 19.5 Å². The third-order valence-corrected chi connectivity index (χ3v) is 3.78. The van der Waals surface area contributed by atoms with E-state index in [0.717, 1.165) is 12.8 Å². The molecule has 1 heterocycles. The van der Waals surface area contributed by atoms with Crippen molar-refractivity contribution in [1.82, 2.24) is 10.2 Å². The molecule has 2 N–H and O–H groups in total. The lowest BCUT2D eigenvalue weighted by atomic mass is 9.97. The summed E-state index contributed by atoms with van der Waals surface area (Å²) in [5, 5.41) is 11.4. The van der Waals surface area contributed by atoms with Gasteiger partial charge in [0.05, 0.1) is 17.8 Å². The first-order valence-electron chi connectivity index (χ1n) is 6.27. The van der Waals surface area contributed by atoms with Gasteiger partial charge in [0, 0.05) is 20.1 Å². The van der Waals surface area contributed by atoms with E-state index in [1.54, 1.807) is 11.9 Å². The van der Waals surface area contributed by atoms with Crippen LogP contribution in [-0.2, 0) is 14.4 Å². The maximum absolute atomic E-state index is 12.1. The fourth-order valence-electron chi connectivity index (χ4n) is 2.57. The Kier molecular flexibility index (Phi) is 3.54. The molecular weight excluding hydrogens is 236 g/mol. The van der Waals surface area contributed by atoms with E-state index in [9.17, 15) is 14.4 Å². The van der Waals surface area contributed by atoms with Gasteiger partial charge in [-0.3, -0.25) is 14.4 Å². The zero-order valence-corrected chi connectivity index (χ0v) is 10.4. The number of carboxylic acids is 1. The largest absolute Gasteiger partial charge is 0.481 e. The zero-order valence-electron chi connectivity index (χ0n) is 10.4. The molecule has 18 heavy (non-hydrogen) atoms. The molecule has 0 bridgehead atoms. The summed E-state index contributed by atoms with van der Waals surface area (Å²) in [6, 6.07) is 0. The van der Waals surface area contributed by atoms with Gasteiger partial charge in [-0.05, 0) is 19.3 Å². The predicted octanol–water partition coefficient (Wildman–Crippen LogP) is -0.308. The fraction of sp³-hybridized carbons (Fsp3) is 0.750. The maximum Gasteiger partial charge on any atom is 0.307 e. The van der Waals surface area contributed by atoms with Crippen molar-refractivity contribution in [2.45, 2.75) is 19.3 Å². The van der Waals surface area contributed by atoms with Gasteiger partial charge in [0.2, 0.25) is 11.8 Å². The summed E-state index contributed by atoms with van der Waals surface area (Å²) in [6.07, 6.45) is 2.03. The second-order valence-electron chi connectivity index (χ2n) is 5.02. The van der Waals surface area contributed by atoms with Crippen LogP contribution in [0.1, 0.15) is 19.3 Å². The van der Waals surface area contributed by atoms with E-state index in [1.165, 1.54) is 0 Å². The van der Waals surface area contributed by atoms with Crippen molar-refractivity contribution < 1.29 is 19.5 Å². The molecule has 2 aliphatic rings. The van der Waals surface area contributed by atoms with Gasteiger partial charge in [0.1, 0.15) is 0 Å². The smallest absolute Gasteiger partial charge is 0.307 e. The average Bonchev–Trinajstić information content (AvgIpc) is 3.17. The van der Waals surface area contributed by atoms with Gasteiger partial charge >= 0.3 is 5.97 Å². The van der Waals surface area contributed by atoms with E-state index in [-0.39, 0.29) is 23.7 Å². The Morgan fingerprint density at radius 2 is 2.00 bits per heavy atom. The van der Waals surface area contributed by atoms with Crippen LogP contribution >= 0.6 is 0 Å². The number of nitrogens with one attached hydrogen (secondary N) is 1. The zero-order chi connectivity index (χ0) is 13.3. The lowest BCUT2D eigenvalue weighted by Gasteiger charge is -2.32. The van der Waals surface area contributed by atoms with Crippen LogP contribution in [0.25, 0.3) is 0 Å². The number of carbonyl (C=O) groups is 3. The number of nitrogens with zero attached hydrogens (tertiary/aromatic N) is 1. The fourth-order valence-corrected chi connectivity index (χ4v) is 2.57. The number of piperidine rings is 1. The SMILES string of the molecule is CNC(=O)C1CCCN(C(=O)[C@@H]2C[C@@H]2C(=O)O)C1. The van der Waals surface area contributed by atoms with Crippen LogP contribution in [0.2, 0.25) is 0 Å². The van der Waals surface area contributed by atoms with Gasteiger partial charge in [-0.25, -0.2) is 0 Å². The molecule has 2 fully saturated rings. The number of hydrogen-bond donors (Lipinski definition) is 2. The number of carbonyl (C=O) groups excluding carboxylic acids is 2. The molecular formula is C12H18N2O4. The van der Waals surface area contributed by atoms with Crippen LogP contribution in [0.4, 0.5) is 0 Å². The predicted molar refractivity (Wildman–Crippen MR) is 62.6 cm³/mol. The Balaban J connectivity index is 1.91. The van der Waals surface area contributed by atoms with Crippen LogP contribution in [0, 0.1) is 17.8 Å². The highest BCUT2D eigenvalue weighted by atomic mass is 16.4. The Hall–Kier alpha value is -1.59. The lowest BCUT2D eigenvalue weighted by molar-refractivity contribution is -0.143. The van der Waals surface area contributed by atoms with Crippen molar-refractivity contribution >= 4 is 17.8 Å². The van der Waals surface area contributed by atoms with Crippen LogP contribution in [0.15, 0.2) is 0 Å². The summed E-state index contributed by atoms with van der Waals surface area (Å²) in [4.78, 5) is 36.0. The maximum atomic E-state index is 12.1. The average molecular weight is 254 g/mol. The summed E-state index contributed by atoms with van der Waals surface area (Å²) in [5.41, 5.74) is 0. The molecule has 1 unspecified atom stereocenters. The summed E-state index contributed by atoms with van der Waals surface area (Å²) in [5.74, 6) is -2.08. The quantitative estimate of drug-likeness (QED) is 0.723. The van der Waals surface area contributed by atoms with Crippen molar-refractivity contribution in [2.75, 3.05) is 20.1 Å². The van der Waals surface area contributed by atoms with Crippen LogP contribution in [0.3, 0.4) is 0 Å². The summed E-state index contributed by atoms with van der Waals surface area (Å²) in [6.45, 7) is 1.05. The van der Waals surface area contributed by atoms with Gasteiger partial charge in [-0.1, -0.05) is 0 Å². The molecule has 2 rings (SSSR count). The molecule has 1 aliphatic carbocycles. The first kappa shape index (κ1) is 12.9. The first-order chi connectivity index (χ1) is 8.54. The van der Waals surface area contributed by atoms with Gasteiger partial charge in [0.15, 0.2) is 0 Å². The van der Waals surface area contributed by atoms with Gasteiger partial charge in [-0.15, -0.1) is 0 Å². The Labute approximate surface area is 105 Å². The van der Waals surface area contributed by atoms with Crippen molar-refractivity contribution in [1.29, 1.82) is 0 Å². The Bertz CT molecular complexity index is 382. The van der Waals surface area contributed by atoms with Crippen molar-refractivity contribution in [3.63, 3.8) is 0 Å². The molecule has 6 heteroatoms. The summed E-state index contributed by atoms with van der Waals surface area (Å²) >= 11 is 0. The monoisotopic (exact) mass is 254 g/mol.